The number of nitrogens with zero attached hydrogens (tertiary/aromatic N) is 1. The van der Waals surface area contributed by atoms with Gasteiger partial charge in [-0.25, -0.2) is 4.79 Å². The minimum absolute atomic E-state index is 0.251. The Balaban J connectivity index is 1.56. The summed E-state index contributed by atoms with van der Waals surface area (Å²) in [7, 11) is 0. The van der Waals surface area contributed by atoms with E-state index in [4.69, 9.17) is 16.0 Å². The number of urea groups is 1. The Labute approximate surface area is 144 Å². The number of benzene rings is 1. The van der Waals surface area contributed by atoms with Crippen molar-refractivity contribution in [3.05, 3.63) is 77.1 Å². The molecule has 0 spiro atoms. The number of nitrogens with one attached hydrogen (secondary N) is 2. The van der Waals surface area contributed by atoms with E-state index >= 15 is 0 Å². The largest absolute Gasteiger partial charge is 0.463 e. The molecule has 3 rings (SSSR count). The summed E-state index contributed by atoms with van der Waals surface area (Å²) in [6, 6.07) is 14.5. The molecule has 2 amide bonds. The highest BCUT2D eigenvalue weighted by Gasteiger charge is 2.09. The number of hydrogen-bond donors (Lipinski definition) is 2. The summed E-state index contributed by atoms with van der Waals surface area (Å²) in [6.07, 6.45) is 3.29. The van der Waals surface area contributed by atoms with Crippen molar-refractivity contribution >= 4 is 17.6 Å². The lowest BCUT2D eigenvalue weighted by Gasteiger charge is -2.10. The first-order chi connectivity index (χ1) is 11.7. The molecule has 0 aliphatic carbocycles. The number of furan rings is 1. The molecule has 0 aliphatic rings. The van der Waals surface area contributed by atoms with Gasteiger partial charge in [-0.1, -0.05) is 29.8 Å². The van der Waals surface area contributed by atoms with Crippen LogP contribution < -0.4 is 10.6 Å². The van der Waals surface area contributed by atoms with Crippen LogP contribution in [0.25, 0.3) is 11.5 Å². The van der Waals surface area contributed by atoms with Gasteiger partial charge in [-0.2, -0.15) is 0 Å². The van der Waals surface area contributed by atoms with Gasteiger partial charge in [0.05, 0.1) is 6.26 Å². The highest BCUT2D eigenvalue weighted by atomic mass is 35.5. The maximum absolute atomic E-state index is 12.0. The Kier molecular flexibility index (Phi) is 5.13. The lowest BCUT2D eigenvalue weighted by Crippen LogP contribution is -2.34. The van der Waals surface area contributed by atoms with Crippen molar-refractivity contribution in [1.82, 2.24) is 15.6 Å². The summed E-state index contributed by atoms with van der Waals surface area (Å²) in [5.74, 6) is 0.675. The SMILES string of the molecule is O=C(NCc1ccc(Cl)cc1)NCc1cccnc1-c1ccco1. The Morgan fingerprint density at radius 1 is 1.04 bits per heavy atom. The van der Waals surface area contributed by atoms with Crippen molar-refractivity contribution in [2.24, 2.45) is 0 Å². The molecule has 0 bridgehead atoms. The van der Waals surface area contributed by atoms with Crippen molar-refractivity contribution in [1.29, 1.82) is 0 Å². The van der Waals surface area contributed by atoms with Gasteiger partial charge in [0.25, 0.3) is 0 Å². The Hall–Kier alpha value is -2.79. The third kappa shape index (κ3) is 4.14. The number of carbonyl (C=O) groups excluding carboxylic acids is 1. The Morgan fingerprint density at radius 3 is 2.58 bits per heavy atom. The molecule has 1 aromatic carbocycles. The van der Waals surface area contributed by atoms with Crippen molar-refractivity contribution < 1.29 is 9.21 Å². The van der Waals surface area contributed by atoms with Crippen LogP contribution in [0.15, 0.2) is 65.4 Å². The number of carbonyl (C=O) groups is 1. The first-order valence-electron chi connectivity index (χ1n) is 7.46. The zero-order valence-corrected chi connectivity index (χ0v) is 13.6. The third-order valence-electron chi connectivity index (χ3n) is 3.45. The maximum atomic E-state index is 12.0. The zero-order chi connectivity index (χ0) is 16.8. The topological polar surface area (TPSA) is 67.2 Å². The minimum Gasteiger partial charge on any atom is -0.463 e. The third-order valence-corrected chi connectivity index (χ3v) is 3.70. The summed E-state index contributed by atoms with van der Waals surface area (Å²) < 4.78 is 5.38. The fraction of sp³-hybridized carbons (Fsp3) is 0.111. The molecule has 0 saturated heterocycles. The van der Waals surface area contributed by atoms with Gasteiger partial charge in [0, 0.05) is 29.9 Å². The van der Waals surface area contributed by atoms with Gasteiger partial charge < -0.3 is 15.1 Å². The normalized spacial score (nSPS) is 10.4. The van der Waals surface area contributed by atoms with Crippen LogP contribution in [0.3, 0.4) is 0 Å². The van der Waals surface area contributed by atoms with Gasteiger partial charge in [-0.05, 0) is 35.9 Å². The van der Waals surface area contributed by atoms with Crippen molar-refractivity contribution in [3.63, 3.8) is 0 Å². The predicted octanol–water partition coefficient (Wildman–Crippen LogP) is 3.99. The summed E-state index contributed by atoms with van der Waals surface area (Å²) in [5.41, 5.74) is 2.58. The van der Waals surface area contributed by atoms with E-state index in [1.54, 1.807) is 30.7 Å². The van der Waals surface area contributed by atoms with E-state index in [0.29, 0.717) is 23.9 Å². The van der Waals surface area contributed by atoms with Crippen LogP contribution in [0.5, 0.6) is 0 Å². The van der Waals surface area contributed by atoms with Crippen LogP contribution in [0.1, 0.15) is 11.1 Å². The number of pyridine rings is 1. The molecule has 2 N–H and O–H groups in total. The molecule has 0 radical (unpaired) electrons. The first kappa shape index (κ1) is 16.1. The second-order valence-corrected chi connectivity index (χ2v) is 5.59. The van der Waals surface area contributed by atoms with Crippen molar-refractivity contribution in [2.75, 3.05) is 0 Å². The molecule has 2 aromatic heterocycles. The van der Waals surface area contributed by atoms with Crippen LogP contribution in [-0.4, -0.2) is 11.0 Å². The number of amides is 2. The maximum Gasteiger partial charge on any atom is 0.315 e. The van der Waals surface area contributed by atoms with Gasteiger partial charge in [0.15, 0.2) is 5.76 Å². The number of rotatable bonds is 5. The van der Waals surface area contributed by atoms with E-state index in [-0.39, 0.29) is 6.03 Å². The average Bonchev–Trinajstić information content (AvgIpc) is 3.14. The van der Waals surface area contributed by atoms with E-state index in [0.717, 1.165) is 16.8 Å². The van der Waals surface area contributed by atoms with Crippen LogP contribution in [0.4, 0.5) is 4.79 Å². The molecule has 0 fully saturated rings. The van der Waals surface area contributed by atoms with E-state index in [2.05, 4.69) is 15.6 Å². The first-order valence-corrected chi connectivity index (χ1v) is 7.84. The van der Waals surface area contributed by atoms with Crippen LogP contribution in [0.2, 0.25) is 5.02 Å². The predicted molar refractivity (Wildman–Crippen MR) is 92.5 cm³/mol. The molecular weight excluding hydrogens is 326 g/mol. The number of aromatic nitrogens is 1. The smallest absolute Gasteiger partial charge is 0.315 e. The van der Waals surface area contributed by atoms with Crippen molar-refractivity contribution in [2.45, 2.75) is 13.1 Å². The van der Waals surface area contributed by atoms with Gasteiger partial charge in [-0.15, -0.1) is 0 Å². The molecule has 5 nitrogen and oxygen atoms in total. The molecule has 0 aliphatic heterocycles. The molecule has 0 saturated carbocycles. The lowest BCUT2D eigenvalue weighted by molar-refractivity contribution is 0.240. The number of hydrogen-bond acceptors (Lipinski definition) is 3. The molecule has 2 heterocycles. The van der Waals surface area contributed by atoms with Crippen molar-refractivity contribution in [3.8, 4) is 11.5 Å². The van der Waals surface area contributed by atoms with E-state index in [9.17, 15) is 4.79 Å². The second kappa shape index (κ2) is 7.66. The summed E-state index contributed by atoms with van der Waals surface area (Å²) in [4.78, 5) is 16.3. The lowest BCUT2D eigenvalue weighted by atomic mass is 10.1. The summed E-state index contributed by atoms with van der Waals surface area (Å²) >= 11 is 5.84. The molecule has 122 valence electrons. The Bertz CT molecular complexity index is 801. The molecule has 0 atom stereocenters. The second-order valence-electron chi connectivity index (χ2n) is 5.15. The van der Waals surface area contributed by atoms with Crippen LogP contribution in [0, 0.1) is 0 Å². The average molecular weight is 342 g/mol. The standard InChI is InChI=1S/C18H16ClN3O2/c19-15-7-5-13(6-8-15)11-21-18(23)22-12-14-3-1-9-20-17(14)16-4-2-10-24-16/h1-10H,11-12H2,(H2,21,22,23). The molecule has 24 heavy (non-hydrogen) atoms. The molecule has 3 aromatic rings. The monoisotopic (exact) mass is 341 g/mol. The molecule has 0 unspecified atom stereocenters. The summed E-state index contributed by atoms with van der Waals surface area (Å²) in [5, 5.41) is 6.30. The Morgan fingerprint density at radius 2 is 1.83 bits per heavy atom. The summed E-state index contributed by atoms with van der Waals surface area (Å²) in [6.45, 7) is 0.789. The van der Waals surface area contributed by atoms with E-state index in [1.807, 2.05) is 30.3 Å². The fourth-order valence-corrected chi connectivity index (χ4v) is 2.37. The minimum atomic E-state index is -0.251. The van der Waals surface area contributed by atoms with Gasteiger partial charge in [0.2, 0.25) is 0 Å². The highest BCUT2D eigenvalue weighted by Crippen LogP contribution is 2.21. The molecule has 6 heteroatoms. The van der Waals surface area contributed by atoms with Gasteiger partial charge >= 0.3 is 6.03 Å². The van der Waals surface area contributed by atoms with E-state index in [1.165, 1.54) is 0 Å². The quantitative estimate of drug-likeness (QED) is 0.737. The highest BCUT2D eigenvalue weighted by molar-refractivity contribution is 6.30. The number of halogens is 1. The molecular formula is C18H16ClN3O2. The zero-order valence-electron chi connectivity index (χ0n) is 12.8. The fourth-order valence-electron chi connectivity index (χ4n) is 2.24. The van der Waals surface area contributed by atoms with Crippen LogP contribution >= 0.6 is 11.6 Å². The van der Waals surface area contributed by atoms with E-state index < -0.39 is 0 Å². The van der Waals surface area contributed by atoms with Gasteiger partial charge in [-0.3, -0.25) is 4.98 Å². The van der Waals surface area contributed by atoms with Gasteiger partial charge in [0.1, 0.15) is 5.69 Å². The van der Waals surface area contributed by atoms with Crippen LogP contribution in [-0.2, 0) is 13.1 Å².